The summed E-state index contributed by atoms with van der Waals surface area (Å²) in [5, 5.41) is 3.27. The summed E-state index contributed by atoms with van der Waals surface area (Å²) in [7, 11) is 0. The monoisotopic (exact) mass is 441 g/mol. The number of amides is 1. The molecule has 1 saturated heterocycles. The van der Waals surface area contributed by atoms with Crippen LogP contribution < -0.4 is 4.74 Å². The highest BCUT2D eigenvalue weighted by atomic mass is 35.5. The number of nitrogens with zero attached hydrogens (tertiary/aromatic N) is 3. The number of ether oxygens (including phenoxy) is 1. The zero-order valence-corrected chi connectivity index (χ0v) is 18.5. The van der Waals surface area contributed by atoms with Crippen molar-refractivity contribution in [2.75, 3.05) is 26.2 Å². The number of halogens is 1. The zero-order chi connectivity index (χ0) is 20.9. The number of piperazine rings is 1. The Hall–Kier alpha value is -2.41. The first-order chi connectivity index (χ1) is 14.6. The molecular weight excluding hydrogens is 418 g/mol. The van der Waals surface area contributed by atoms with Crippen LogP contribution in [0.2, 0.25) is 5.02 Å². The molecule has 156 valence electrons. The van der Waals surface area contributed by atoms with Gasteiger partial charge >= 0.3 is 0 Å². The molecule has 0 unspecified atom stereocenters. The molecule has 1 fully saturated rings. The minimum Gasteiger partial charge on any atom is -0.486 e. The van der Waals surface area contributed by atoms with Gasteiger partial charge in [-0.3, -0.25) is 9.69 Å². The molecule has 7 heteroatoms. The fourth-order valence-corrected chi connectivity index (χ4v) is 4.30. The summed E-state index contributed by atoms with van der Waals surface area (Å²) in [4.78, 5) is 21.6. The van der Waals surface area contributed by atoms with Crippen molar-refractivity contribution in [1.29, 1.82) is 0 Å². The predicted octanol–water partition coefficient (Wildman–Crippen LogP) is 4.64. The predicted molar refractivity (Wildman–Crippen MR) is 120 cm³/mol. The third-order valence-corrected chi connectivity index (χ3v) is 6.17. The maximum Gasteiger partial charge on any atom is 0.273 e. The molecule has 3 aromatic rings. The highest BCUT2D eigenvalue weighted by Gasteiger charge is 2.24. The molecule has 0 bridgehead atoms. The average molecular weight is 442 g/mol. The number of carbonyl (C=O) groups is 1. The molecule has 2 aromatic carbocycles. The van der Waals surface area contributed by atoms with Gasteiger partial charge in [-0.1, -0.05) is 41.4 Å². The lowest BCUT2D eigenvalue weighted by Crippen LogP contribution is -2.48. The van der Waals surface area contributed by atoms with Gasteiger partial charge in [0.15, 0.2) is 0 Å². The lowest BCUT2D eigenvalue weighted by molar-refractivity contribution is 0.0623. The Morgan fingerprint density at radius 1 is 1.13 bits per heavy atom. The lowest BCUT2D eigenvalue weighted by atomic mass is 10.1. The van der Waals surface area contributed by atoms with Crippen molar-refractivity contribution < 1.29 is 9.53 Å². The van der Waals surface area contributed by atoms with E-state index in [4.69, 9.17) is 16.3 Å². The lowest BCUT2D eigenvalue weighted by Gasteiger charge is -2.34. The largest absolute Gasteiger partial charge is 0.486 e. The molecule has 0 aliphatic carbocycles. The Balaban J connectivity index is 1.27. The molecule has 1 aliphatic rings. The van der Waals surface area contributed by atoms with Gasteiger partial charge in [-0.2, -0.15) is 0 Å². The van der Waals surface area contributed by atoms with Crippen molar-refractivity contribution in [1.82, 2.24) is 14.8 Å². The third kappa shape index (κ3) is 5.39. The summed E-state index contributed by atoms with van der Waals surface area (Å²) in [5.41, 5.74) is 3.10. The molecule has 1 aliphatic heterocycles. The van der Waals surface area contributed by atoms with Crippen LogP contribution in [-0.2, 0) is 13.2 Å². The maximum absolute atomic E-state index is 12.8. The molecule has 5 nitrogen and oxygen atoms in total. The molecule has 0 atom stereocenters. The Kier molecular flexibility index (Phi) is 6.67. The van der Waals surface area contributed by atoms with E-state index in [0.29, 0.717) is 17.3 Å². The number of aromatic nitrogens is 1. The van der Waals surface area contributed by atoms with E-state index in [1.165, 1.54) is 22.5 Å². The molecule has 1 aromatic heterocycles. The number of rotatable bonds is 6. The van der Waals surface area contributed by atoms with Gasteiger partial charge in [0, 0.05) is 43.1 Å². The Bertz CT molecular complexity index is 998. The summed E-state index contributed by atoms with van der Waals surface area (Å²) >= 11 is 7.33. The van der Waals surface area contributed by atoms with Crippen LogP contribution in [0.15, 0.2) is 53.9 Å². The molecule has 0 spiro atoms. The van der Waals surface area contributed by atoms with Gasteiger partial charge in [0.2, 0.25) is 0 Å². The van der Waals surface area contributed by atoms with Gasteiger partial charge in [-0.15, -0.1) is 11.3 Å². The van der Waals surface area contributed by atoms with E-state index >= 15 is 0 Å². The summed E-state index contributed by atoms with van der Waals surface area (Å²) in [6.45, 7) is 6.56. The highest BCUT2D eigenvalue weighted by molar-refractivity contribution is 7.09. The van der Waals surface area contributed by atoms with Gasteiger partial charge < -0.3 is 9.64 Å². The van der Waals surface area contributed by atoms with Crippen molar-refractivity contribution in [2.24, 2.45) is 0 Å². The van der Waals surface area contributed by atoms with Crippen LogP contribution >= 0.6 is 22.9 Å². The first kappa shape index (κ1) is 20.8. The average Bonchev–Trinajstić information content (AvgIpc) is 3.22. The maximum atomic E-state index is 12.8. The van der Waals surface area contributed by atoms with Gasteiger partial charge in [-0.25, -0.2) is 4.98 Å². The molecule has 0 N–H and O–H groups in total. The zero-order valence-electron chi connectivity index (χ0n) is 16.9. The van der Waals surface area contributed by atoms with Crippen LogP contribution in [0.25, 0.3) is 0 Å². The van der Waals surface area contributed by atoms with Crippen LogP contribution in [-0.4, -0.2) is 46.9 Å². The van der Waals surface area contributed by atoms with E-state index < -0.39 is 0 Å². The summed E-state index contributed by atoms with van der Waals surface area (Å²) in [5.74, 6) is 0.728. The van der Waals surface area contributed by atoms with Crippen molar-refractivity contribution in [3.8, 4) is 5.75 Å². The van der Waals surface area contributed by atoms with Gasteiger partial charge in [0.25, 0.3) is 5.91 Å². The number of carbonyl (C=O) groups excluding carboxylic acids is 1. The molecule has 1 amide bonds. The number of aryl methyl sites for hydroxylation is 1. The van der Waals surface area contributed by atoms with Crippen LogP contribution in [0.4, 0.5) is 0 Å². The van der Waals surface area contributed by atoms with E-state index in [-0.39, 0.29) is 5.91 Å². The second-order valence-corrected chi connectivity index (χ2v) is 8.81. The third-order valence-electron chi connectivity index (χ3n) is 5.09. The van der Waals surface area contributed by atoms with Crippen molar-refractivity contribution in [3.63, 3.8) is 0 Å². The van der Waals surface area contributed by atoms with Crippen molar-refractivity contribution in [2.45, 2.75) is 20.1 Å². The van der Waals surface area contributed by atoms with E-state index in [2.05, 4.69) is 41.1 Å². The van der Waals surface area contributed by atoms with E-state index in [1.54, 1.807) is 12.1 Å². The smallest absolute Gasteiger partial charge is 0.273 e. The van der Waals surface area contributed by atoms with Gasteiger partial charge in [0.1, 0.15) is 23.1 Å². The van der Waals surface area contributed by atoms with Crippen LogP contribution in [0.3, 0.4) is 0 Å². The van der Waals surface area contributed by atoms with E-state index in [9.17, 15) is 4.79 Å². The second kappa shape index (κ2) is 9.60. The number of hydrogen-bond donors (Lipinski definition) is 0. The summed E-state index contributed by atoms with van der Waals surface area (Å²) in [6, 6.07) is 15.8. The fraction of sp³-hybridized carbons (Fsp3) is 0.304. The first-order valence-electron chi connectivity index (χ1n) is 9.97. The minimum atomic E-state index is -0.000742. The minimum absolute atomic E-state index is 0.000742. The Morgan fingerprint density at radius 2 is 1.90 bits per heavy atom. The highest BCUT2D eigenvalue weighted by Crippen LogP contribution is 2.19. The number of hydrogen-bond acceptors (Lipinski definition) is 5. The van der Waals surface area contributed by atoms with Crippen molar-refractivity contribution in [3.05, 3.63) is 80.8 Å². The molecule has 0 radical (unpaired) electrons. The quantitative estimate of drug-likeness (QED) is 0.559. The molecule has 30 heavy (non-hydrogen) atoms. The molecular formula is C23H24ClN3O2S. The van der Waals surface area contributed by atoms with Crippen LogP contribution in [0.5, 0.6) is 5.75 Å². The SMILES string of the molecule is Cc1cccc(CN2CCN(C(=O)c3csc(COc4ccc(Cl)cc4)n3)CC2)c1. The normalized spacial score (nSPS) is 14.7. The topological polar surface area (TPSA) is 45.7 Å². The standard InChI is InChI=1S/C23H24ClN3O2S/c1-17-3-2-4-18(13-17)14-26-9-11-27(12-10-26)23(28)21-16-30-22(25-21)15-29-20-7-5-19(24)6-8-20/h2-8,13,16H,9-12,14-15H2,1H3. The fourth-order valence-electron chi connectivity index (χ4n) is 3.49. The summed E-state index contributed by atoms with van der Waals surface area (Å²) < 4.78 is 5.72. The van der Waals surface area contributed by atoms with Crippen LogP contribution in [0, 0.1) is 6.92 Å². The van der Waals surface area contributed by atoms with Gasteiger partial charge in [-0.05, 0) is 36.8 Å². The first-order valence-corrected chi connectivity index (χ1v) is 11.2. The Morgan fingerprint density at radius 3 is 2.63 bits per heavy atom. The van der Waals surface area contributed by atoms with Crippen LogP contribution in [0.1, 0.15) is 26.6 Å². The molecule has 0 saturated carbocycles. The van der Waals surface area contributed by atoms with Crippen molar-refractivity contribution >= 4 is 28.8 Å². The second-order valence-electron chi connectivity index (χ2n) is 7.43. The number of benzene rings is 2. The van der Waals surface area contributed by atoms with Gasteiger partial charge in [0.05, 0.1) is 0 Å². The molecule has 4 rings (SSSR count). The van der Waals surface area contributed by atoms with E-state index in [0.717, 1.165) is 43.5 Å². The summed E-state index contributed by atoms with van der Waals surface area (Å²) in [6.07, 6.45) is 0. The molecule has 2 heterocycles. The number of thiazole rings is 1. The Labute approximate surface area is 185 Å². The van der Waals surface area contributed by atoms with E-state index in [1.807, 2.05) is 22.4 Å².